The SMILES string of the molecule is C=CCN(CC1CO1)C(=O)C=C. The molecule has 0 aliphatic carbocycles. The Morgan fingerprint density at radius 1 is 1.67 bits per heavy atom. The summed E-state index contributed by atoms with van der Waals surface area (Å²) in [5.41, 5.74) is 0. The zero-order valence-electron chi connectivity index (χ0n) is 7.03. The van der Waals surface area contributed by atoms with Crippen molar-refractivity contribution in [3.05, 3.63) is 25.3 Å². The number of epoxide rings is 1. The van der Waals surface area contributed by atoms with Gasteiger partial charge in [-0.05, 0) is 6.08 Å². The van der Waals surface area contributed by atoms with Gasteiger partial charge in [0.1, 0.15) is 0 Å². The van der Waals surface area contributed by atoms with Crippen LogP contribution in [0, 0.1) is 0 Å². The second-order valence-electron chi connectivity index (χ2n) is 2.69. The number of rotatable bonds is 5. The van der Waals surface area contributed by atoms with E-state index in [1.54, 1.807) is 11.0 Å². The number of carbonyl (C=O) groups is 1. The summed E-state index contributed by atoms with van der Waals surface area (Å²) in [6.45, 7) is 8.97. The molecule has 1 aliphatic rings. The Kier molecular flexibility index (Phi) is 3.05. The number of nitrogens with zero attached hydrogens (tertiary/aromatic N) is 1. The first-order valence-corrected chi connectivity index (χ1v) is 3.91. The number of amides is 1. The van der Waals surface area contributed by atoms with Crippen LogP contribution < -0.4 is 0 Å². The fourth-order valence-electron chi connectivity index (χ4n) is 0.959. The van der Waals surface area contributed by atoms with Crippen molar-refractivity contribution in [2.75, 3.05) is 19.7 Å². The third kappa shape index (κ3) is 2.51. The molecule has 1 unspecified atom stereocenters. The first kappa shape index (κ1) is 9.00. The lowest BCUT2D eigenvalue weighted by Crippen LogP contribution is -2.32. The first-order chi connectivity index (χ1) is 5.77. The molecular weight excluding hydrogens is 154 g/mol. The standard InChI is InChI=1S/C9H13NO2/c1-3-5-10(9(11)4-2)6-8-7-12-8/h3-4,8H,1-2,5-7H2. The monoisotopic (exact) mass is 167 g/mol. The molecule has 66 valence electrons. The van der Waals surface area contributed by atoms with Gasteiger partial charge in [0.15, 0.2) is 0 Å². The van der Waals surface area contributed by atoms with Crippen molar-refractivity contribution in [3.63, 3.8) is 0 Å². The third-order valence-electron chi connectivity index (χ3n) is 1.66. The lowest BCUT2D eigenvalue weighted by molar-refractivity contribution is -0.125. The number of hydrogen-bond acceptors (Lipinski definition) is 2. The van der Waals surface area contributed by atoms with Crippen LogP contribution in [0.4, 0.5) is 0 Å². The Morgan fingerprint density at radius 2 is 2.33 bits per heavy atom. The van der Waals surface area contributed by atoms with Gasteiger partial charge in [-0.3, -0.25) is 4.79 Å². The Bertz CT molecular complexity index is 197. The maximum Gasteiger partial charge on any atom is 0.246 e. The molecule has 0 aromatic heterocycles. The van der Waals surface area contributed by atoms with Crippen LogP contribution >= 0.6 is 0 Å². The van der Waals surface area contributed by atoms with Crippen LogP contribution in [0.1, 0.15) is 0 Å². The Balaban J connectivity index is 2.39. The summed E-state index contributed by atoms with van der Waals surface area (Å²) in [7, 11) is 0. The lowest BCUT2D eigenvalue weighted by atomic mass is 10.3. The van der Waals surface area contributed by atoms with E-state index >= 15 is 0 Å². The predicted molar refractivity (Wildman–Crippen MR) is 46.7 cm³/mol. The fraction of sp³-hybridized carbons (Fsp3) is 0.444. The Morgan fingerprint density at radius 3 is 2.75 bits per heavy atom. The summed E-state index contributed by atoms with van der Waals surface area (Å²) < 4.78 is 5.02. The van der Waals surface area contributed by atoms with Crippen molar-refractivity contribution >= 4 is 5.91 Å². The predicted octanol–water partition coefficient (Wildman–Crippen LogP) is 0.586. The summed E-state index contributed by atoms with van der Waals surface area (Å²) in [4.78, 5) is 12.8. The van der Waals surface area contributed by atoms with Crippen LogP contribution in [-0.4, -0.2) is 36.6 Å². The van der Waals surface area contributed by atoms with Crippen LogP contribution in [0.25, 0.3) is 0 Å². The Hall–Kier alpha value is -1.09. The molecule has 3 nitrogen and oxygen atoms in total. The second-order valence-corrected chi connectivity index (χ2v) is 2.69. The minimum atomic E-state index is -0.0644. The number of hydrogen-bond donors (Lipinski definition) is 0. The molecule has 1 heterocycles. The highest BCUT2D eigenvalue weighted by molar-refractivity contribution is 5.87. The zero-order valence-corrected chi connectivity index (χ0v) is 7.03. The van der Waals surface area contributed by atoms with Gasteiger partial charge < -0.3 is 9.64 Å². The molecule has 0 aromatic carbocycles. The summed E-state index contributed by atoms with van der Waals surface area (Å²) in [6, 6.07) is 0. The molecule has 1 atom stereocenters. The second kappa shape index (κ2) is 4.07. The first-order valence-electron chi connectivity index (χ1n) is 3.91. The molecule has 0 aromatic rings. The largest absolute Gasteiger partial charge is 0.371 e. The summed E-state index contributed by atoms with van der Waals surface area (Å²) >= 11 is 0. The summed E-state index contributed by atoms with van der Waals surface area (Å²) in [5.74, 6) is -0.0644. The van der Waals surface area contributed by atoms with Crippen LogP contribution in [0.15, 0.2) is 25.3 Å². The average Bonchev–Trinajstić information content (AvgIpc) is 2.86. The molecule has 0 bridgehead atoms. The molecule has 0 spiro atoms. The molecule has 1 rings (SSSR count). The molecule has 3 heteroatoms. The third-order valence-corrected chi connectivity index (χ3v) is 1.66. The van der Waals surface area contributed by atoms with Gasteiger partial charge in [-0.1, -0.05) is 12.7 Å². The van der Waals surface area contributed by atoms with Gasteiger partial charge in [-0.15, -0.1) is 6.58 Å². The Labute approximate surface area is 72.3 Å². The van der Waals surface area contributed by atoms with Gasteiger partial charge in [-0.2, -0.15) is 0 Å². The van der Waals surface area contributed by atoms with Crippen molar-refractivity contribution in [2.45, 2.75) is 6.10 Å². The molecule has 0 N–H and O–H groups in total. The molecule has 1 aliphatic heterocycles. The molecule has 1 fully saturated rings. The average molecular weight is 167 g/mol. The highest BCUT2D eigenvalue weighted by Gasteiger charge is 2.26. The van der Waals surface area contributed by atoms with Crippen molar-refractivity contribution in [3.8, 4) is 0 Å². The highest BCUT2D eigenvalue weighted by Crippen LogP contribution is 2.10. The van der Waals surface area contributed by atoms with E-state index in [0.29, 0.717) is 13.1 Å². The van der Waals surface area contributed by atoms with E-state index in [2.05, 4.69) is 13.2 Å². The normalized spacial score (nSPS) is 19.8. The summed E-state index contributed by atoms with van der Waals surface area (Å²) in [5, 5.41) is 0. The van der Waals surface area contributed by atoms with Crippen molar-refractivity contribution in [1.29, 1.82) is 0 Å². The van der Waals surface area contributed by atoms with E-state index in [4.69, 9.17) is 4.74 Å². The topological polar surface area (TPSA) is 32.8 Å². The van der Waals surface area contributed by atoms with Crippen LogP contribution in [0.3, 0.4) is 0 Å². The minimum Gasteiger partial charge on any atom is -0.371 e. The fourth-order valence-corrected chi connectivity index (χ4v) is 0.959. The highest BCUT2D eigenvalue weighted by atomic mass is 16.6. The molecule has 12 heavy (non-hydrogen) atoms. The molecular formula is C9H13NO2. The van der Waals surface area contributed by atoms with Crippen LogP contribution in [0.2, 0.25) is 0 Å². The molecule has 1 saturated heterocycles. The van der Waals surface area contributed by atoms with Crippen molar-refractivity contribution in [1.82, 2.24) is 4.90 Å². The minimum absolute atomic E-state index is 0.0644. The van der Waals surface area contributed by atoms with E-state index in [9.17, 15) is 4.79 Å². The lowest BCUT2D eigenvalue weighted by Gasteiger charge is -2.17. The maximum absolute atomic E-state index is 11.2. The van der Waals surface area contributed by atoms with Gasteiger partial charge in [0.2, 0.25) is 5.91 Å². The number of ether oxygens (including phenoxy) is 1. The van der Waals surface area contributed by atoms with Gasteiger partial charge in [-0.25, -0.2) is 0 Å². The summed E-state index contributed by atoms with van der Waals surface area (Å²) in [6.07, 6.45) is 3.24. The van der Waals surface area contributed by atoms with E-state index in [1.165, 1.54) is 6.08 Å². The quantitative estimate of drug-likeness (QED) is 0.341. The number of carbonyl (C=O) groups excluding carboxylic acids is 1. The van der Waals surface area contributed by atoms with Gasteiger partial charge >= 0.3 is 0 Å². The maximum atomic E-state index is 11.2. The van der Waals surface area contributed by atoms with Gasteiger partial charge in [0.05, 0.1) is 12.7 Å². The van der Waals surface area contributed by atoms with Crippen molar-refractivity contribution < 1.29 is 9.53 Å². The smallest absolute Gasteiger partial charge is 0.246 e. The van der Waals surface area contributed by atoms with Gasteiger partial charge in [0.25, 0.3) is 0 Å². The van der Waals surface area contributed by atoms with Crippen LogP contribution in [-0.2, 0) is 9.53 Å². The molecule has 0 saturated carbocycles. The molecule has 0 radical (unpaired) electrons. The zero-order chi connectivity index (χ0) is 8.97. The van der Waals surface area contributed by atoms with Gasteiger partial charge in [0, 0.05) is 13.1 Å². The van der Waals surface area contributed by atoms with Crippen molar-refractivity contribution in [2.24, 2.45) is 0 Å². The molecule has 1 amide bonds. The van der Waals surface area contributed by atoms with E-state index < -0.39 is 0 Å². The van der Waals surface area contributed by atoms with E-state index in [1.807, 2.05) is 0 Å². The van der Waals surface area contributed by atoms with E-state index in [0.717, 1.165) is 6.61 Å². The van der Waals surface area contributed by atoms with Crippen LogP contribution in [0.5, 0.6) is 0 Å². The van der Waals surface area contributed by atoms with E-state index in [-0.39, 0.29) is 12.0 Å².